The molecule has 0 saturated carbocycles. The molecule has 2 unspecified atom stereocenters. The quantitative estimate of drug-likeness (QED) is 0.191. The molecule has 215 valence electrons. The fourth-order valence-electron chi connectivity index (χ4n) is 5.26. The first kappa shape index (κ1) is 27.9. The Hall–Kier alpha value is -3.90. The number of pyridine rings is 1. The first-order chi connectivity index (χ1) is 20.8. The van der Waals surface area contributed by atoms with Crippen molar-refractivity contribution in [2.24, 2.45) is 5.73 Å². The van der Waals surface area contributed by atoms with E-state index in [1.54, 1.807) is 5.51 Å². The number of thiazole rings is 1. The number of nitrogens with zero attached hydrogens (tertiary/aromatic N) is 3. The number of hydrogen-bond acceptors (Lipinski definition) is 8. The highest BCUT2D eigenvalue weighted by Crippen LogP contribution is 2.49. The van der Waals surface area contributed by atoms with Crippen molar-refractivity contribution in [1.29, 1.82) is 0 Å². The Morgan fingerprint density at radius 3 is 2.58 bits per heavy atom. The summed E-state index contributed by atoms with van der Waals surface area (Å²) >= 11 is 4.47. The molecule has 4 heterocycles. The number of hydrogen-bond donors (Lipinski definition) is 2. The Morgan fingerprint density at radius 2 is 1.81 bits per heavy atom. The normalized spacial score (nSPS) is 15.6. The smallest absolute Gasteiger partial charge is 0.362 e. The number of aromatic nitrogens is 2. The van der Waals surface area contributed by atoms with Gasteiger partial charge < -0.3 is 16.0 Å². The maximum atomic E-state index is 14.4. The second-order valence-electron chi connectivity index (χ2n) is 9.96. The molecule has 0 aliphatic carbocycles. The molecular formula is C32H23F3N5S3. The van der Waals surface area contributed by atoms with Crippen LogP contribution in [0, 0.1) is 6.07 Å². The van der Waals surface area contributed by atoms with Gasteiger partial charge in [0.25, 0.3) is 0 Å². The van der Waals surface area contributed by atoms with Gasteiger partial charge in [-0.25, -0.2) is 9.97 Å². The van der Waals surface area contributed by atoms with Crippen molar-refractivity contribution in [2.75, 3.05) is 10.2 Å². The summed E-state index contributed by atoms with van der Waals surface area (Å²) in [4.78, 5) is 12.6. The molecule has 0 bridgehead atoms. The van der Waals surface area contributed by atoms with E-state index in [2.05, 4.69) is 21.4 Å². The van der Waals surface area contributed by atoms with Gasteiger partial charge in [0.15, 0.2) is 0 Å². The van der Waals surface area contributed by atoms with E-state index in [0.717, 1.165) is 31.9 Å². The monoisotopic (exact) mass is 630 g/mol. The molecule has 0 amide bonds. The van der Waals surface area contributed by atoms with Crippen LogP contribution < -0.4 is 16.0 Å². The lowest BCUT2D eigenvalue weighted by Crippen LogP contribution is -2.32. The maximum Gasteiger partial charge on any atom is 0.433 e. The molecule has 7 rings (SSSR count). The summed E-state index contributed by atoms with van der Waals surface area (Å²) in [5.74, 6) is 0.121. The molecule has 1 radical (unpaired) electrons. The van der Waals surface area contributed by atoms with Crippen LogP contribution in [0.25, 0.3) is 32.5 Å². The minimum Gasteiger partial charge on any atom is -0.362 e. The van der Waals surface area contributed by atoms with Gasteiger partial charge in [-0.05, 0) is 59.8 Å². The molecular weight excluding hydrogens is 608 g/mol. The number of fused-ring (bicyclic) bond motifs is 2. The van der Waals surface area contributed by atoms with Gasteiger partial charge in [0, 0.05) is 32.7 Å². The van der Waals surface area contributed by atoms with E-state index in [0.29, 0.717) is 27.8 Å². The second-order valence-corrected chi connectivity index (χ2v) is 13.0. The zero-order valence-electron chi connectivity index (χ0n) is 22.6. The SMILES string of the molecule is CC(Nc1nc(C(F)(F)F)cc(-c2cccc3scnc23)c1-c1[c]c2c(cc1)SC(N)N2c1ccccc1)c1cccs1. The van der Waals surface area contributed by atoms with Crippen molar-refractivity contribution >= 4 is 61.8 Å². The molecule has 5 nitrogen and oxygen atoms in total. The van der Waals surface area contributed by atoms with Crippen LogP contribution in [0.1, 0.15) is 23.5 Å². The second kappa shape index (κ2) is 11.0. The van der Waals surface area contributed by atoms with Crippen LogP contribution in [0.4, 0.5) is 30.4 Å². The van der Waals surface area contributed by atoms with Gasteiger partial charge >= 0.3 is 6.18 Å². The van der Waals surface area contributed by atoms with E-state index in [9.17, 15) is 13.2 Å². The topological polar surface area (TPSA) is 67.1 Å². The van der Waals surface area contributed by atoms with E-state index in [1.165, 1.54) is 34.4 Å². The van der Waals surface area contributed by atoms with Crippen LogP contribution in [0.15, 0.2) is 94.6 Å². The van der Waals surface area contributed by atoms with Gasteiger partial charge in [0.1, 0.15) is 17.0 Å². The number of rotatable bonds is 6. The molecule has 1 aliphatic heterocycles. The van der Waals surface area contributed by atoms with Crippen molar-refractivity contribution in [3.63, 3.8) is 0 Å². The maximum absolute atomic E-state index is 14.4. The van der Waals surface area contributed by atoms with Gasteiger partial charge in [0.05, 0.1) is 27.5 Å². The zero-order chi connectivity index (χ0) is 29.7. The Bertz CT molecular complexity index is 1920. The summed E-state index contributed by atoms with van der Waals surface area (Å²) < 4.78 is 44.1. The molecule has 1 aliphatic rings. The Morgan fingerprint density at radius 1 is 0.977 bits per heavy atom. The van der Waals surface area contributed by atoms with Crippen molar-refractivity contribution in [2.45, 2.75) is 29.5 Å². The van der Waals surface area contributed by atoms with Crippen LogP contribution in [0.5, 0.6) is 0 Å². The van der Waals surface area contributed by atoms with Crippen LogP contribution in [0.3, 0.4) is 0 Å². The van der Waals surface area contributed by atoms with Crippen molar-refractivity contribution < 1.29 is 13.2 Å². The molecule has 0 saturated heterocycles. The number of halogens is 3. The molecule has 3 aromatic carbocycles. The molecule has 43 heavy (non-hydrogen) atoms. The number of alkyl halides is 3. The van der Waals surface area contributed by atoms with Gasteiger partial charge in [-0.2, -0.15) is 13.2 Å². The number of nitrogens with two attached hydrogens (primary N) is 1. The minimum absolute atomic E-state index is 0.121. The number of thiophene rings is 1. The third-order valence-electron chi connectivity index (χ3n) is 7.22. The predicted molar refractivity (Wildman–Crippen MR) is 171 cm³/mol. The van der Waals surface area contributed by atoms with Gasteiger partial charge in [-0.1, -0.05) is 54.2 Å². The number of benzene rings is 3. The summed E-state index contributed by atoms with van der Waals surface area (Å²) in [6.45, 7) is 1.91. The third kappa shape index (κ3) is 5.16. The highest BCUT2D eigenvalue weighted by molar-refractivity contribution is 8.00. The molecule has 0 fully saturated rings. The fraction of sp³-hybridized carbons (Fsp3) is 0.125. The molecule has 3 N–H and O–H groups in total. The summed E-state index contributed by atoms with van der Waals surface area (Å²) in [7, 11) is 0. The van der Waals surface area contributed by atoms with Gasteiger partial charge in [-0.3, -0.25) is 0 Å². The lowest BCUT2D eigenvalue weighted by Gasteiger charge is -2.25. The highest BCUT2D eigenvalue weighted by Gasteiger charge is 2.36. The first-order valence-corrected chi connectivity index (χ1v) is 16.0. The average molecular weight is 631 g/mol. The Kier molecular flexibility index (Phi) is 7.13. The molecule has 6 aromatic rings. The first-order valence-electron chi connectivity index (χ1n) is 13.4. The number of thioether (sulfide) groups is 1. The molecule has 3 aromatic heterocycles. The van der Waals surface area contributed by atoms with E-state index in [1.807, 2.05) is 90.0 Å². The lowest BCUT2D eigenvalue weighted by atomic mass is 9.93. The third-order valence-corrected chi connectivity index (χ3v) is 10.1. The van der Waals surface area contributed by atoms with Crippen LogP contribution in [0.2, 0.25) is 0 Å². The molecule has 11 heteroatoms. The Labute approximate surface area is 258 Å². The fourth-order valence-corrected chi connectivity index (χ4v) is 7.70. The zero-order valence-corrected chi connectivity index (χ0v) is 25.0. The van der Waals surface area contributed by atoms with E-state index in [4.69, 9.17) is 5.73 Å². The van der Waals surface area contributed by atoms with Crippen LogP contribution in [-0.4, -0.2) is 15.5 Å². The van der Waals surface area contributed by atoms with Crippen LogP contribution in [-0.2, 0) is 6.18 Å². The predicted octanol–water partition coefficient (Wildman–Crippen LogP) is 9.56. The highest BCUT2D eigenvalue weighted by atomic mass is 32.2. The number of anilines is 3. The van der Waals surface area contributed by atoms with Gasteiger partial charge in [0.2, 0.25) is 0 Å². The Balaban J connectivity index is 1.49. The standard InChI is InChI=1S/C32H23F3N5S3/c1-18(24-11-6-14-41-24)38-30-28(19-12-13-25-23(15-19)40(31(36)43-25)20-7-3-2-4-8-20)22(16-27(39-30)32(33,34)35)21-9-5-10-26-29(21)37-17-42-26/h2-14,16-18,31H,36H2,1H3,(H,38,39). The number of nitrogens with one attached hydrogen (secondary N) is 1. The van der Waals surface area contributed by atoms with E-state index < -0.39 is 11.9 Å². The summed E-state index contributed by atoms with van der Waals surface area (Å²) in [5, 5.41) is 5.25. The van der Waals surface area contributed by atoms with Crippen molar-refractivity contribution in [3.05, 3.63) is 106 Å². The molecule has 0 spiro atoms. The average Bonchev–Trinajstić information content (AvgIpc) is 3.76. The largest absolute Gasteiger partial charge is 0.433 e. The summed E-state index contributed by atoms with van der Waals surface area (Å²) in [6, 6.07) is 27.4. The minimum atomic E-state index is -4.67. The number of para-hydroxylation sites is 2. The van der Waals surface area contributed by atoms with Crippen molar-refractivity contribution in [3.8, 4) is 22.3 Å². The lowest BCUT2D eigenvalue weighted by molar-refractivity contribution is -0.141. The van der Waals surface area contributed by atoms with Gasteiger partial charge in [-0.15, -0.1) is 22.7 Å². The van der Waals surface area contributed by atoms with E-state index >= 15 is 0 Å². The summed E-state index contributed by atoms with van der Waals surface area (Å²) in [6.07, 6.45) is -4.67. The molecule has 2 atom stereocenters. The van der Waals surface area contributed by atoms with Crippen molar-refractivity contribution in [1.82, 2.24) is 9.97 Å². The van der Waals surface area contributed by atoms with Crippen LogP contribution >= 0.6 is 34.4 Å². The van der Waals surface area contributed by atoms with E-state index in [-0.39, 0.29) is 17.4 Å². The summed E-state index contributed by atoms with van der Waals surface area (Å²) in [5.41, 5.74) is 11.3.